The molecule has 2 aliphatic rings. The molecule has 2 N–H and O–H groups in total. The number of alkyl halides is 3. The van der Waals surface area contributed by atoms with Gasteiger partial charge >= 0.3 is 6.18 Å². The maximum atomic E-state index is 13.5. The van der Waals surface area contributed by atoms with Gasteiger partial charge in [-0.3, -0.25) is 9.59 Å². The number of carbonyl (C=O) groups excluding carboxylic acids is 2. The van der Waals surface area contributed by atoms with Crippen LogP contribution in [0.4, 0.5) is 13.2 Å². The Balaban J connectivity index is 1.50. The second-order valence-corrected chi connectivity index (χ2v) is 13.6. The smallest absolute Gasteiger partial charge is 0.340 e. The van der Waals surface area contributed by atoms with Crippen LogP contribution in [-0.4, -0.2) is 62.1 Å². The van der Waals surface area contributed by atoms with Gasteiger partial charge in [-0.1, -0.05) is 38.1 Å². The molecule has 4 atom stereocenters. The molecule has 224 valence electrons. The van der Waals surface area contributed by atoms with E-state index >= 15 is 0 Å². The highest BCUT2D eigenvalue weighted by Gasteiger charge is 2.43. The predicted molar refractivity (Wildman–Crippen MR) is 150 cm³/mol. The number of amides is 2. The molecular weight excluding hydrogens is 555 g/mol. The van der Waals surface area contributed by atoms with Crippen molar-refractivity contribution in [3.63, 3.8) is 0 Å². The Bertz CT molecular complexity index is 1360. The van der Waals surface area contributed by atoms with Gasteiger partial charge < -0.3 is 15.5 Å². The number of carbonyl (C=O) groups is 2. The number of aryl methyl sites for hydroxylation is 1. The Labute approximate surface area is 239 Å². The molecule has 1 aliphatic heterocycles. The van der Waals surface area contributed by atoms with Crippen molar-refractivity contribution >= 4 is 21.7 Å². The Hall–Kier alpha value is -2.92. The molecule has 2 fully saturated rings. The standard InChI is InChI=1S/C30H38F3N3O4S/c1-19(2)17-34-24-11-12-26(22(16-24)18-41(39,40)27-10-5-4-7-20(27)3)36-14-13-25(29(36)38)35-28(37)21-8-6-9-23(15-21)30(31,32)33/h4-10,15,19,22,24-26,34H,11-14,16-18H2,1-3H3,(H,35,37)/t22-,24+,25-,26-/m0/s1. The second-order valence-electron chi connectivity index (χ2n) is 11.6. The van der Waals surface area contributed by atoms with Crippen LogP contribution in [0.5, 0.6) is 0 Å². The molecule has 11 heteroatoms. The lowest BCUT2D eigenvalue weighted by molar-refractivity contribution is -0.137. The van der Waals surface area contributed by atoms with Crippen LogP contribution < -0.4 is 10.6 Å². The number of hydrogen-bond acceptors (Lipinski definition) is 5. The van der Waals surface area contributed by atoms with E-state index in [1.807, 2.05) is 0 Å². The summed E-state index contributed by atoms with van der Waals surface area (Å²) in [5.74, 6) is -1.07. The highest BCUT2D eigenvalue weighted by Crippen LogP contribution is 2.35. The summed E-state index contributed by atoms with van der Waals surface area (Å²) in [5.41, 5.74) is -0.445. The number of nitrogens with one attached hydrogen (secondary N) is 2. The van der Waals surface area contributed by atoms with Crippen LogP contribution >= 0.6 is 0 Å². The van der Waals surface area contributed by atoms with Crippen LogP contribution in [0.2, 0.25) is 0 Å². The fraction of sp³-hybridized carbons (Fsp3) is 0.533. The largest absolute Gasteiger partial charge is 0.416 e. The molecule has 41 heavy (non-hydrogen) atoms. The summed E-state index contributed by atoms with van der Waals surface area (Å²) in [6, 6.07) is 9.87. The lowest BCUT2D eigenvalue weighted by Gasteiger charge is -2.41. The van der Waals surface area contributed by atoms with Crippen molar-refractivity contribution < 1.29 is 31.2 Å². The number of rotatable bonds is 9. The van der Waals surface area contributed by atoms with Gasteiger partial charge in [0.1, 0.15) is 6.04 Å². The quantitative estimate of drug-likeness (QED) is 0.443. The molecule has 4 rings (SSSR count). The van der Waals surface area contributed by atoms with E-state index in [4.69, 9.17) is 0 Å². The first-order valence-electron chi connectivity index (χ1n) is 14.1. The maximum absolute atomic E-state index is 13.5. The summed E-state index contributed by atoms with van der Waals surface area (Å²) in [5, 5.41) is 6.15. The number of halogens is 3. The molecule has 1 heterocycles. The molecule has 0 aromatic heterocycles. The summed E-state index contributed by atoms with van der Waals surface area (Å²) < 4.78 is 66.4. The zero-order chi connectivity index (χ0) is 29.9. The molecule has 2 aromatic carbocycles. The SMILES string of the molecule is Cc1ccccc1S(=O)(=O)C[C@@H]1C[C@H](NCC(C)C)CC[C@@H]1N1CC[C@H](NC(=O)c2cccc(C(F)(F)F)c2)C1=O. The van der Waals surface area contributed by atoms with Gasteiger partial charge in [-0.25, -0.2) is 8.42 Å². The van der Waals surface area contributed by atoms with Gasteiger partial charge in [0.2, 0.25) is 5.91 Å². The number of nitrogens with zero attached hydrogens (tertiary/aromatic N) is 1. The summed E-state index contributed by atoms with van der Waals surface area (Å²) >= 11 is 0. The second kappa shape index (κ2) is 12.5. The van der Waals surface area contributed by atoms with Crippen molar-refractivity contribution in [3.05, 3.63) is 65.2 Å². The first-order valence-corrected chi connectivity index (χ1v) is 15.7. The maximum Gasteiger partial charge on any atom is 0.416 e. The minimum Gasteiger partial charge on any atom is -0.340 e. The molecule has 0 spiro atoms. The topological polar surface area (TPSA) is 95.6 Å². The van der Waals surface area contributed by atoms with E-state index in [9.17, 15) is 31.2 Å². The Morgan fingerprint density at radius 1 is 1.07 bits per heavy atom. The molecule has 0 radical (unpaired) electrons. The fourth-order valence-electron chi connectivity index (χ4n) is 5.95. The first kappa shape index (κ1) is 31.0. The third-order valence-corrected chi connectivity index (χ3v) is 10.0. The molecule has 2 aromatic rings. The zero-order valence-corrected chi connectivity index (χ0v) is 24.4. The van der Waals surface area contributed by atoms with Crippen molar-refractivity contribution in [2.24, 2.45) is 11.8 Å². The van der Waals surface area contributed by atoms with Gasteiger partial charge in [0, 0.05) is 24.2 Å². The highest BCUT2D eigenvalue weighted by atomic mass is 32.2. The summed E-state index contributed by atoms with van der Waals surface area (Å²) in [6.45, 7) is 7.12. The molecule has 1 aliphatic carbocycles. The minimum atomic E-state index is -4.59. The molecule has 7 nitrogen and oxygen atoms in total. The Morgan fingerprint density at radius 3 is 2.49 bits per heavy atom. The van der Waals surface area contributed by atoms with E-state index in [-0.39, 0.29) is 40.1 Å². The van der Waals surface area contributed by atoms with Crippen LogP contribution in [0.3, 0.4) is 0 Å². The number of sulfone groups is 1. The molecule has 0 bridgehead atoms. The average Bonchev–Trinajstić information content (AvgIpc) is 3.26. The number of benzene rings is 2. The van der Waals surface area contributed by atoms with Gasteiger partial charge in [-0.2, -0.15) is 13.2 Å². The number of likely N-dealkylation sites (tertiary alicyclic amines) is 1. The van der Waals surface area contributed by atoms with Crippen molar-refractivity contribution in [2.75, 3.05) is 18.8 Å². The van der Waals surface area contributed by atoms with E-state index < -0.39 is 33.5 Å². The van der Waals surface area contributed by atoms with Gasteiger partial charge in [0.15, 0.2) is 9.84 Å². The third-order valence-electron chi connectivity index (χ3n) is 8.02. The molecule has 1 saturated heterocycles. The molecule has 1 saturated carbocycles. The van der Waals surface area contributed by atoms with Crippen molar-refractivity contribution in [1.29, 1.82) is 0 Å². The van der Waals surface area contributed by atoms with E-state index in [0.717, 1.165) is 31.2 Å². The first-order chi connectivity index (χ1) is 19.3. The average molecular weight is 594 g/mol. The normalized spacial score (nSPS) is 23.7. The third kappa shape index (κ3) is 7.48. The van der Waals surface area contributed by atoms with Crippen LogP contribution in [0.25, 0.3) is 0 Å². The zero-order valence-electron chi connectivity index (χ0n) is 23.6. The van der Waals surface area contributed by atoms with Crippen molar-refractivity contribution in [3.8, 4) is 0 Å². The monoisotopic (exact) mass is 593 g/mol. The van der Waals surface area contributed by atoms with Crippen LogP contribution in [-0.2, 0) is 20.8 Å². The van der Waals surface area contributed by atoms with E-state index in [0.29, 0.717) is 37.3 Å². The summed E-state index contributed by atoms with van der Waals surface area (Å²) in [4.78, 5) is 28.2. The van der Waals surface area contributed by atoms with Crippen molar-refractivity contribution in [1.82, 2.24) is 15.5 Å². The van der Waals surface area contributed by atoms with E-state index in [2.05, 4.69) is 24.5 Å². The van der Waals surface area contributed by atoms with Gasteiger partial charge in [0.25, 0.3) is 5.91 Å². The summed E-state index contributed by atoms with van der Waals surface area (Å²) in [6.07, 6.45) is -2.31. The highest BCUT2D eigenvalue weighted by molar-refractivity contribution is 7.91. The van der Waals surface area contributed by atoms with Crippen LogP contribution in [0, 0.1) is 18.8 Å². The molecule has 0 unspecified atom stereocenters. The minimum absolute atomic E-state index is 0.104. The van der Waals surface area contributed by atoms with Gasteiger partial charge in [-0.05, 0) is 80.8 Å². The van der Waals surface area contributed by atoms with E-state index in [1.165, 1.54) is 6.07 Å². The van der Waals surface area contributed by atoms with Gasteiger partial charge in [-0.15, -0.1) is 0 Å². The molecule has 2 amide bonds. The Morgan fingerprint density at radius 2 is 1.80 bits per heavy atom. The van der Waals surface area contributed by atoms with Gasteiger partial charge in [0.05, 0.1) is 16.2 Å². The van der Waals surface area contributed by atoms with Crippen molar-refractivity contribution in [2.45, 2.75) is 75.7 Å². The lowest BCUT2D eigenvalue weighted by Crippen LogP contribution is -2.52. The molecular formula is C30H38F3N3O4S. The van der Waals surface area contributed by atoms with Crippen LogP contribution in [0.15, 0.2) is 53.4 Å². The van der Waals surface area contributed by atoms with E-state index in [1.54, 1.807) is 36.1 Å². The Kier molecular flexibility index (Phi) is 9.48. The summed E-state index contributed by atoms with van der Waals surface area (Å²) in [7, 11) is -3.64. The fourth-order valence-corrected chi connectivity index (χ4v) is 7.89. The number of hydrogen-bond donors (Lipinski definition) is 2. The lowest BCUT2D eigenvalue weighted by atomic mass is 9.81. The van der Waals surface area contributed by atoms with Crippen LogP contribution in [0.1, 0.15) is 61.0 Å². The predicted octanol–water partition coefficient (Wildman–Crippen LogP) is 4.60.